The summed E-state index contributed by atoms with van der Waals surface area (Å²) in [5.41, 5.74) is 0. The number of halogens is 1. The van der Waals surface area contributed by atoms with Gasteiger partial charge in [0.25, 0.3) is 0 Å². The van der Waals surface area contributed by atoms with Gasteiger partial charge in [0.05, 0.1) is 6.61 Å². The van der Waals surface area contributed by atoms with Gasteiger partial charge in [-0.1, -0.05) is 11.8 Å². The van der Waals surface area contributed by atoms with E-state index >= 15 is 0 Å². The van der Waals surface area contributed by atoms with E-state index in [9.17, 15) is 0 Å². The van der Waals surface area contributed by atoms with Crippen molar-refractivity contribution >= 4 is 34.4 Å². The Balaban J connectivity index is 2.69. The fraction of sp³-hybridized carbons (Fsp3) is 0.500. The van der Waals surface area contributed by atoms with Crippen molar-refractivity contribution in [2.24, 2.45) is 0 Å². The molecule has 0 bridgehead atoms. The van der Waals surface area contributed by atoms with Gasteiger partial charge in [0.1, 0.15) is 0 Å². The maximum Gasteiger partial charge on any atom is 0.188 e. The highest BCUT2D eigenvalue weighted by atomic mass is 127. The number of aliphatic hydroxyl groups excluding tert-OH is 1. The van der Waals surface area contributed by atoms with E-state index in [4.69, 9.17) is 5.11 Å². The minimum Gasteiger partial charge on any atom is -0.395 e. The number of aromatic nitrogens is 2. The Labute approximate surface area is 95.5 Å². The molecule has 3 nitrogen and oxygen atoms in total. The average molecular weight is 310 g/mol. The first-order valence-corrected chi connectivity index (χ1v) is 5.70. The summed E-state index contributed by atoms with van der Waals surface area (Å²) in [7, 11) is 0. The molecule has 0 spiro atoms. The lowest BCUT2D eigenvalue weighted by molar-refractivity contribution is 0.265. The van der Waals surface area contributed by atoms with E-state index in [1.165, 1.54) is 11.8 Å². The summed E-state index contributed by atoms with van der Waals surface area (Å²) in [6.07, 6.45) is 3.53. The maximum atomic E-state index is 9.03. The SMILES string of the molecule is CC(C)(CO)Sc1ncc(I)cn1. The Morgan fingerprint density at radius 1 is 1.46 bits per heavy atom. The van der Waals surface area contributed by atoms with Gasteiger partial charge in [-0.2, -0.15) is 0 Å². The predicted molar refractivity (Wildman–Crippen MR) is 61.8 cm³/mol. The van der Waals surface area contributed by atoms with Crippen molar-refractivity contribution in [1.82, 2.24) is 9.97 Å². The van der Waals surface area contributed by atoms with E-state index in [1.54, 1.807) is 12.4 Å². The normalized spacial score (nSPS) is 11.7. The van der Waals surface area contributed by atoms with Gasteiger partial charge in [-0.05, 0) is 36.4 Å². The van der Waals surface area contributed by atoms with Gasteiger partial charge in [-0.25, -0.2) is 9.97 Å². The van der Waals surface area contributed by atoms with Crippen molar-refractivity contribution in [3.63, 3.8) is 0 Å². The van der Waals surface area contributed by atoms with Gasteiger partial charge in [0.15, 0.2) is 5.16 Å². The lowest BCUT2D eigenvalue weighted by Crippen LogP contribution is -2.20. The second kappa shape index (κ2) is 4.56. The first-order chi connectivity index (χ1) is 6.03. The molecule has 1 N–H and O–H groups in total. The summed E-state index contributed by atoms with van der Waals surface area (Å²) >= 11 is 3.64. The third-order valence-electron chi connectivity index (χ3n) is 1.34. The zero-order chi connectivity index (χ0) is 9.90. The number of rotatable bonds is 3. The first kappa shape index (κ1) is 11.2. The van der Waals surface area contributed by atoms with Crippen LogP contribution in [0.1, 0.15) is 13.8 Å². The molecular weight excluding hydrogens is 299 g/mol. The van der Waals surface area contributed by atoms with Crippen molar-refractivity contribution < 1.29 is 5.11 Å². The van der Waals surface area contributed by atoms with Crippen molar-refractivity contribution in [3.8, 4) is 0 Å². The van der Waals surface area contributed by atoms with Crippen molar-refractivity contribution in [2.45, 2.75) is 23.8 Å². The predicted octanol–water partition coefficient (Wildman–Crippen LogP) is 1.94. The largest absolute Gasteiger partial charge is 0.395 e. The Bertz CT molecular complexity index is 276. The smallest absolute Gasteiger partial charge is 0.188 e. The highest BCUT2D eigenvalue weighted by molar-refractivity contribution is 14.1. The molecule has 0 aliphatic carbocycles. The quantitative estimate of drug-likeness (QED) is 0.526. The molecular formula is C8H11IN2OS. The van der Waals surface area contributed by atoms with Crippen LogP contribution in [0.4, 0.5) is 0 Å². The van der Waals surface area contributed by atoms with Crippen molar-refractivity contribution in [1.29, 1.82) is 0 Å². The summed E-state index contributed by atoms with van der Waals surface area (Å²) in [5.74, 6) is 0. The van der Waals surface area contributed by atoms with E-state index in [0.29, 0.717) is 5.16 Å². The monoisotopic (exact) mass is 310 g/mol. The minimum absolute atomic E-state index is 0.118. The van der Waals surface area contributed by atoms with E-state index in [1.807, 2.05) is 13.8 Å². The van der Waals surface area contributed by atoms with Crippen LogP contribution in [0.15, 0.2) is 17.6 Å². The van der Waals surface area contributed by atoms with Gasteiger partial charge in [-0.15, -0.1) is 0 Å². The third kappa shape index (κ3) is 3.78. The molecule has 1 heterocycles. The molecule has 0 unspecified atom stereocenters. The molecule has 1 aromatic heterocycles. The van der Waals surface area contributed by atoms with Crippen LogP contribution in [0.3, 0.4) is 0 Å². The average Bonchev–Trinajstić information content (AvgIpc) is 2.09. The molecule has 0 saturated carbocycles. The Hall–Kier alpha value is 0.120. The molecule has 0 saturated heterocycles. The van der Waals surface area contributed by atoms with Gasteiger partial charge < -0.3 is 5.11 Å². The molecule has 0 aliphatic rings. The molecule has 0 amide bonds. The van der Waals surface area contributed by atoms with E-state index < -0.39 is 0 Å². The molecule has 0 aromatic carbocycles. The standard InChI is InChI=1S/C8H11IN2OS/c1-8(2,5-12)13-7-10-3-6(9)4-11-7/h3-4,12H,5H2,1-2H3. The van der Waals surface area contributed by atoms with Crippen LogP contribution in [0.2, 0.25) is 0 Å². The molecule has 0 fully saturated rings. The zero-order valence-electron chi connectivity index (χ0n) is 7.49. The van der Waals surface area contributed by atoms with Crippen LogP contribution in [0, 0.1) is 3.57 Å². The van der Waals surface area contributed by atoms with Gasteiger partial charge >= 0.3 is 0 Å². The fourth-order valence-electron chi connectivity index (χ4n) is 0.633. The Morgan fingerprint density at radius 3 is 2.46 bits per heavy atom. The van der Waals surface area contributed by atoms with Crippen LogP contribution in [-0.2, 0) is 0 Å². The van der Waals surface area contributed by atoms with Crippen LogP contribution in [-0.4, -0.2) is 26.4 Å². The third-order valence-corrected chi connectivity index (χ3v) is 2.98. The lowest BCUT2D eigenvalue weighted by Gasteiger charge is -2.18. The minimum atomic E-state index is -0.215. The molecule has 1 rings (SSSR count). The van der Waals surface area contributed by atoms with Crippen LogP contribution in [0.5, 0.6) is 0 Å². The van der Waals surface area contributed by atoms with Crippen LogP contribution in [0.25, 0.3) is 0 Å². The van der Waals surface area contributed by atoms with E-state index in [0.717, 1.165) is 3.57 Å². The van der Waals surface area contributed by atoms with Crippen molar-refractivity contribution in [3.05, 3.63) is 16.0 Å². The number of thioether (sulfide) groups is 1. The highest BCUT2D eigenvalue weighted by Crippen LogP contribution is 2.28. The summed E-state index contributed by atoms with van der Waals surface area (Å²) in [6, 6.07) is 0. The van der Waals surface area contributed by atoms with E-state index in [2.05, 4.69) is 32.6 Å². The van der Waals surface area contributed by atoms with Gasteiger partial charge in [-0.3, -0.25) is 0 Å². The summed E-state index contributed by atoms with van der Waals surface area (Å²) < 4.78 is 0.802. The van der Waals surface area contributed by atoms with Crippen LogP contribution >= 0.6 is 34.4 Å². The van der Waals surface area contributed by atoms with Crippen molar-refractivity contribution in [2.75, 3.05) is 6.61 Å². The van der Waals surface area contributed by atoms with Crippen LogP contribution < -0.4 is 0 Å². The van der Waals surface area contributed by atoms with E-state index in [-0.39, 0.29) is 11.4 Å². The molecule has 0 radical (unpaired) electrons. The molecule has 5 heteroatoms. The molecule has 13 heavy (non-hydrogen) atoms. The second-order valence-electron chi connectivity index (χ2n) is 3.20. The lowest BCUT2D eigenvalue weighted by atomic mass is 10.2. The topological polar surface area (TPSA) is 46.0 Å². The Kier molecular flexibility index (Phi) is 3.93. The summed E-state index contributed by atoms with van der Waals surface area (Å²) in [4.78, 5) is 8.29. The molecule has 1 aromatic rings. The molecule has 0 atom stereocenters. The molecule has 0 aliphatic heterocycles. The zero-order valence-corrected chi connectivity index (χ0v) is 10.5. The molecule has 72 valence electrons. The maximum absolute atomic E-state index is 9.03. The summed E-state index contributed by atoms with van der Waals surface area (Å²) in [5, 5.41) is 9.74. The summed E-state index contributed by atoms with van der Waals surface area (Å²) in [6.45, 7) is 4.03. The number of nitrogens with zero attached hydrogens (tertiary/aromatic N) is 2. The number of aliphatic hydroxyl groups is 1. The fourth-order valence-corrected chi connectivity index (χ4v) is 1.68. The number of hydrogen-bond acceptors (Lipinski definition) is 4. The van der Waals surface area contributed by atoms with Gasteiger partial charge in [0, 0.05) is 20.7 Å². The van der Waals surface area contributed by atoms with Gasteiger partial charge in [0.2, 0.25) is 0 Å². The number of hydrogen-bond donors (Lipinski definition) is 1. The highest BCUT2D eigenvalue weighted by Gasteiger charge is 2.19. The first-order valence-electron chi connectivity index (χ1n) is 3.81. The Morgan fingerprint density at radius 2 is 2.00 bits per heavy atom. The second-order valence-corrected chi connectivity index (χ2v) is 6.12.